The number of benzene rings is 2. The lowest BCUT2D eigenvalue weighted by molar-refractivity contribution is -0.123. The van der Waals surface area contributed by atoms with E-state index in [2.05, 4.69) is 38.2 Å². The van der Waals surface area contributed by atoms with Crippen molar-refractivity contribution in [2.24, 2.45) is 0 Å². The topological polar surface area (TPSA) is 56.8 Å². The highest BCUT2D eigenvalue weighted by molar-refractivity contribution is 5.77. The first-order valence-corrected chi connectivity index (χ1v) is 10.3. The molecule has 29 heavy (non-hydrogen) atoms. The zero-order valence-electron chi connectivity index (χ0n) is 18.0. The van der Waals surface area contributed by atoms with E-state index in [-0.39, 0.29) is 18.6 Å². The van der Waals surface area contributed by atoms with Crippen molar-refractivity contribution in [1.29, 1.82) is 0 Å². The monoisotopic (exact) mass is 397 g/mol. The molecule has 1 atom stereocenters. The van der Waals surface area contributed by atoms with Crippen LogP contribution < -0.4 is 19.5 Å². The van der Waals surface area contributed by atoms with Gasteiger partial charge in [-0.15, -0.1) is 0 Å². The van der Waals surface area contributed by atoms with Gasteiger partial charge in [0, 0.05) is 24.1 Å². The van der Waals surface area contributed by atoms with Gasteiger partial charge in [-0.25, -0.2) is 0 Å². The smallest absolute Gasteiger partial charge is 0.258 e. The zero-order valence-corrected chi connectivity index (χ0v) is 18.0. The number of ether oxygens (including phenoxy) is 3. The summed E-state index contributed by atoms with van der Waals surface area (Å²) in [6, 6.07) is 10.1. The van der Waals surface area contributed by atoms with Crippen molar-refractivity contribution in [3.63, 3.8) is 0 Å². The van der Waals surface area contributed by atoms with E-state index in [4.69, 9.17) is 14.2 Å². The average Bonchev–Trinajstić information content (AvgIpc) is 3.03. The Hall–Kier alpha value is -2.69. The number of hydrogen-bond donors (Lipinski definition) is 1. The van der Waals surface area contributed by atoms with Crippen molar-refractivity contribution in [2.75, 3.05) is 13.2 Å². The summed E-state index contributed by atoms with van der Waals surface area (Å²) in [7, 11) is 0. The van der Waals surface area contributed by atoms with E-state index in [0.29, 0.717) is 19.1 Å². The van der Waals surface area contributed by atoms with Crippen molar-refractivity contribution in [3.8, 4) is 17.2 Å². The van der Waals surface area contributed by atoms with Crippen LogP contribution in [-0.2, 0) is 17.8 Å². The van der Waals surface area contributed by atoms with Gasteiger partial charge < -0.3 is 19.5 Å². The Morgan fingerprint density at radius 1 is 1.21 bits per heavy atom. The first-order chi connectivity index (χ1) is 13.9. The van der Waals surface area contributed by atoms with Crippen molar-refractivity contribution >= 4 is 5.91 Å². The molecule has 0 radical (unpaired) electrons. The van der Waals surface area contributed by atoms with Crippen LogP contribution in [0.4, 0.5) is 0 Å². The molecule has 1 N–H and O–H groups in total. The number of carbonyl (C=O) groups excluding carboxylic acids is 1. The van der Waals surface area contributed by atoms with Gasteiger partial charge in [0.05, 0.1) is 6.61 Å². The van der Waals surface area contributed by atoms with E-state index in [1.54, 1.807) is 0 Å². The molecule has 0 fully saturated rings. The molecule has 5 heteroatoms. The van der Waals surface area contributed by atoms with Gasteiger partial charge in [-0.05, 0) is 56.0 Å². The van der Waals surface area contributed by atoms with Crippen molar-refractivity contribution in [1.82, 2.24) is 5.32 Å². The number of aryl methyl sites for hydroxylation is 1. The minimum absolute atomic E-state index is 0.0222. The van der Waals surface area contributed by atoms with Gasteiger partial charge in [-0.2, -0.15) is 0 Å². The van der Waals surface area contributed by atoms with Gasteiger partial charge in [0.1, 0.15) is 23.4 Å². The van der Waals surface area contributed by atoms with Crippen LogP contribution in [0.25, 0.3) is 0 Å². The molecule has 0 bridgehead atoms. The second-order valence-electron chi connectivity index (χ2n) is 7.89. The predicted octanol–water partition coefficient (Wildman–Crippen LogP) is 4.54. The minimum atomic E-state index is -0.168. The number of nitrogens with one attached hydrogen (secondary N) is 1. The van der Waals surface area contributed by atoms with E-state index in [1.165, 1.54) is 0 Å². The molecule has 2 aromatic carbocycles. The van der Waals surface area contributed by atoms with Crippen LogP contribution in [0, 0.1) is 6.92 Å². The number of amides is 1. The maximum Gasteiger partial charge on any atom is 0.258 e. The molecule has 0 aromatic heterocycles. The summed E-state index contributed by atoms with van der Waals surface area (Å²) in [5.41, 5.74) is 4.27. The number of carbonyl (C=O) groups is 1. The molecule has 0 saturated heterocycles. The summed E-state index contributed by atoms with van der Waals surface area (Å²) in [6.07, 6.45) is 1.05. The Kier molecular flexibility index (Phi) is 6.68. The van der Waals surface area contributed by atoms with Gasteiger partial charge in [0.15, 0.2) is 6.61 Å². The van der Waals surface area contributed by atoms with Crippen LogP contribution in [-0.4, -0.2) is 25.2 Å². The average molecular weight is 398 g/mol. The normalized spacial score (nSPS) is 15.0. The highest BCUT2D eigenvalue weighted by Crippen LogP contribution is 2.35. The maximum atomic E-state index is 12.4. The molecule has 2 aromatic rings. The fourth-order valence-corrected chi connectivity index (χ4v) is 3.54. The molecule has 1 heterocycles. The number of hydrogen-bond acceptors (Lipinski definition) is 4. The Morgan fingerprint density at radius 2 is 2.00 bits per heavy atom. The second kappa shape index (κ2) is 9.21. The quantitative estimate of drug-likeness (QED) is 0.711. The van der Waals surface area contributed by atoms with Crippen LogP contribution in [0.3, 0.4) is 0 Å². The third-order valence-corrected chi connectivity index (χ3v) is 5.00. The van der Waals surface area contributed by atoms with Crippen LogP contribution >= 0.6 is 0 Å². The first-order valence-electron chi connectivity index (χ1n) is 10.3. The van der Waals surface area contributed by atoms with Crippen molar-refractivity contribution in [2.45, 2.75) is 59.6 Å². The lowest BCUT2D eigenvalue weighted by Crippen LogP contribution is -2.28. The molecule has 0 spiro atoms. The molecule has 156 valence electrons. The SMILES string of the molecule is CCOc1cc2c(cc1CNC(=O)COc1cc(C)ccc1C(C)C)O[C@@H](C)C2. The van der Waals surface area contributed by atoms with Crippen molar-refractivity contribution in [3.05, 3.63) is 52.6 Å². The third kappa shape index (κ3) is 5.22. The van der Waals surface area contributed by atoms with Gasteiger partial charge in [-0.1, -0.05) is 26.0 Å². The molecule has 3 rings (SSSR count). The van der Waals surface area contributed by atoms with Crippen LogP contribution in [0.15, 0.2) is 30.3 Å². The summed E-state index contributed by atoms with van der Waals surface area (Å²) in [6.45, 7) is 11.2. The molecule has 1 aliphatic heterocycles. The molecule has 1 amide bonds. The summed E-state index contributed by atoms with van der Waals surface area (Å²) in [4.78, 5) is 12.4. The van der Waals surface area contributed by atoms with Crippen LogP contribution in [0.2, 0.25) is 0 Å². The second-order valence-corrected chi connectivity index (χ2v) is 7.89. The van der Waals surface area contributed by atoms with Crippen molar-refractivity contribution < 1.29 is 19.0 Å². The molecule has 5 nitrogen and oxygen atoms in total. The van der Waals surface area contributed by atoms with Gasteiger partial charge in [0.25, 0.3) is 5.91 Å². The predicted molar refractivity (Wildman–Crippen MR) is 114 cm³/mol. The van der Waals surface area contributed by atoms with E-state index in [0.717, 1.165) is 45.9 Å². The fourth-order valence-electron chi connectivity index (χ4n) is 3.54. The molecule has 0 aliphatic carbocycles. The summed E-state index contributed by atoms with van der Waals surface area (Å²) >= 11 is 0. The zero-order chi connectivity index (χ0) is 21.0. The van der Waals surface area contributed by atoms with Gasteiger partial charge in [-0.3, -0.25) is 4.79 Å². The summed E-state index contributed by atoms with van der Waals surface area (Å²) in [5, 5.41) is 2.93. The Morgan fingerprint density at radius 3 is 2.72 bits per heavy atom. The molecular formula is C24H31NO4. The van der Waals surface area contributed by atoms with E-state index in [9.17, 15) is 4.79 Å². The maximum absolute atomic E-state index is 12.4. The van der Waals surface area contributed by atoms with Crippen LogP contribution in [0.1, 0.15) is 55.9 Å². The number of rotatable bonds is 8. The summed E-state index contributed by atoms with van der Waals surface area (Å²) < 4.78 is 17.5. The largest absolute Gasteiger partial charge is 0.494 e. The fraction of sp³-hybridized carbons (Fsp3) is 0.458. The van der Waals surface area contributed by atoms with Gasteiger partial charge >= 0.3 is 0 Å². The highest BCUT2D eigenvalue weighted by Gasteiger charge is 2.22. The molecule has 0 unspecified atom stereocenters. The third-order valence-electron chi connectivity index (χ3n) is 5.00. The van der Waals surface area contributed by atoms with E-state index < -0.39 is 0 Å². The summed E-state index contributed by atoms with van der Waals surface area (Å²) in [5.74, 6) is 2.61. The van der Waals surface area contributed by atoms with Crippen LogP contribution in [0.5, 0.6) is 17.2 Å². The standard InChI is InChI=1S/C24H31NO4/c1-6-27-21-11-18-10-17(5)29-22(18)12-19(21)13-25-24(26)14-28-23-9-16(4)7-8-20(23)15(2)3/h7-9,11-12,15,17H,6,10,13-14H2,1-5H3,(H,25,26)/t17-/m0/s1. The lowest BCUT2D eigenvalue weighted by Gasteiger charge is -2.16. The first kappa shape index (κ1) is 21.0. The van der Waals surface area contributed by atoms with E-state index in [1.807, 2.05) is 32.0 Å². The molecular weight excluding hydrogens is 366 g/mol. The molecule has 0 saturated carbocycles. The highest BCUT2D eigenvalue weighted by atomic mass is 16.5. The van der Waals surface area contributed by atoms with E-state index >= 15 is 0 Å². The Balaban J connectivity index is 1.63. The Bertz CT molecular complexity index is 875. The molecule has 1 aliphatic rings. The Labute approximate surface area is 173 Å². The minimum Gasteiger partial charge on any atom is -0.494 e. The lowest BCUT2D eigenvalue weighted by atomic mass is 10.0. The number of fused-ring (bicyclic) bond motifs is 1. The van der Waals surface area contributed by atoms with Gasteiger partial charge in [0.2, 0.25) is 0 Å².